The van der Waals surface area contributed by atoms with E-state index in [-0.39, 0.29) is 10.7 Å². The van der Waals surface area contributed by atoms with Crippen molar-refractivity contribution in [2.75, 3.05) is 6.54 Å². The van der Waals surface area contributed by atoms with Crippen molar-refractivity contribution in [1.29, 1.82) is 0 Å². The number of amidine groups is 1. The van der Waals surface area contributed by atoms with Gasteiger partial charge in [-0.2, -0.15) is 0 Å². The van der Waals surface area contributed by atoms with Gasteiger partial charge >= 0.3 is 0 Å². The molecule has 2 rings (SSSR count). The molecule has 10 nitrogen and oxygen atoms in total. The second-order valence-electron chi connectivity index (χ2n) is 5.25. The van der Waals surface area contributed by atoms with E-state index in [1.165, 1.54) is 29.4 Å². The Balaban J connectivity index is 2.08. The van der Waals surface area contributed by atoms with Crippen molar-refractivity contribution in [1.82, 2.24) is 14.8 Å². The molecule has 1 aromatic heterocycles. The van der Waals surface area contributed by atoms with Gasteiger partial charge in [0.25, 0.3) is 0 Å². The number of benzene rings is 1. The number of hydrazone groups is 1. The molecule has 11 heteroatoms. The van der Waals surface area contributed by atoms with Crippen LogP contribution in [0.15, 0.2) is 58.8 Å². The highest BCUT2D eigenvalue weighted by atomic mass is 32.2. The third-order valence-corrected chi connectivity index (χ3v) is 4.64. The summed E-state index contributed by atoms with van der Waals surface area (Å²) in [5.41, 5.74) is 12.2. The molecule has 1 amide bonds. The number of nitrogens with one attached hydrogen (secondary N) is 1. The zero-order chi connectivity index (χ0) is 19.2. The van der Waals surface area contributed by atoms with E-state index in [1.54, 1.807) is 24.5 Å². The molecule has 0 atom stereocenters. The number of rotatable bonds is 8. The van der Waals surface area contributed by atoms with Crippen molar-refractivity contribution in [2.24, 2.45) is 22.4 Å². The van der Waals surface area contributed by atoms with Gasteiger partial charge < -0.3 is 11.5 Å². The summed E-state index contributed by atoms with van der Waals surface area (Å²) in [6.45, 7) is -0.155. The summed E-state index contributed by atoms with van der Waals surface area (Å²) in [6.07, 6.45) is 3.28. The molecule has 1 aromatic carbocycles. The van der Waals surface area contributed by atoms with Crippen molar-refractivity contribution in [2.45, 2.75) is 11.4 Å². The maximum Gasteiger partial charge on any atom is 0.241 e. The maximum absolute atomic E-state index is 12.0. The van der Waals surface area contributed by atoms with E-state index in [0.717, 1.165) is 5.56 Å². The SMILES string of the molecule is NC(=O)CNS(=O)(=O)c1ccc(/C(N)=N/N(N)Cc2ccncc2)cc1. The fourth-order valence-corrected chi connectivity index (χ4v) is 2.95. The first-order chi connectivity index (χ1) is 12.3. The van der Waals surface area contributed by atoms with Gasteiger partial charge in [0.05, 0.1) is 18.0 Å². The van der Waals surface area contributed by atoms with Gasteiger partial charge in [0, 0.05) is 18.0 Å². The first-order valence-corrected chi connectivity index (χ1v) is 8.90. The molecule has 0 unspecified atom stereocenters. The zero-order valence-corrected chi connectivity index (χ0v) is 14.6. The Labute approximate surface area is 150 Å². The standard InChI is InChI=1S/C15H19N7O3S/c16-14(23)9-20-26(24,25)13-3-1-12(2-4-13)15(17)21-22(18)10-11-5-7-19-8-6-11/h1-8,20H,9-10,18H2,(H2,16,23)(H2,17,21). The van der Waals surface area contributed by atoms with Crippen LogP contribution >= 0.6 is 0 Å². The molecule has 0 saturated heterocycles. The monoisotopic (exact) mass is 377 g/mol. The molecule has 7 N–H and O–H groups in total. The first-order valence-electron chi connectivity index (χ1n) is 7.41. The molecule has 1 heterocycles. The number of hydrogen-bond donors (Lipinski definition) is 4. The number of primary amides is 1. The van der Waals surface area contributed by atoms with Gasteiger partial charge in [-0.05, 0) is 42.0 Å². The highest BCUT2D eigenvalue weighted by Crippen LogP contribution is 2.10. The van der Waals surface area contributed by atoms with Crippen molar-refractivity contribution in [3.05, 3.63) is 59.9 Å². The summed E-state index contributed by atoms with van der Waals surface area (Å²) in [5.74, 6) is 5.15. The lowest BCUT2D eigenvalue weighted by molar-refractivity contribution is -0.116. The number of nitrogens with zero attached hydrogens (tertiary/aromatic N) is 3. The Morgan fingerprint density at radius 3 is 2.31 bits per heavy atom. The van der Waals surface area contributed by atoms with Crippen molar-refractivity contribution < 1.29 is 13.2 Å². The van der Waals surface area contributed by atoms with Crippen LogP contribution in [0.25, 0.3) is 0 Å². The molecule has 2 aromatic rings. The highest BCUT2D eigenvalue weighted by Gasteiger charge is 2.14. The molecular weight excluding hydrogens is 358 g/mol. The number of pyridine rings is 1. The number of hydrogen-bond acceptors (Lipinski definition) is 7. The van der Waals surface area contributed by atoms with Gasteiger partial charge in [0.1, 0.15) is 0 Å². The van der Waals surface area contributed by atoms with Crippen LogP contribution in [0.2, 0.25) is 0 Å². The zero-order valence-electron chi connectivity index (χ0n) is 13.7. The van der Waals surface area contributed by atoms with E-state index >= 15 is 0 Å². The third kappa shape index (κ3) is 5.51. The van der Waals surface area contributed by atoms with Gasteiger partial charge in [-0.3, -0.25) is 9.78 Å². The largest absolute Gasteiger partial charge is 0.382 e. The van der Waals surface area contributed by atoms with Gasteiger partial charge in [-0.15, -0.1) is 5.10 Å². The lowest BCUT2D eigenvalue weighted by atomic mass is 10.2. The maximum atomic E-state index is 12.0. The molecule has 0 bridgehead atoms. The summed E-state index contributed by atoms with van der Waals surface area (Å²) < 4.78 is 26.1. The molecule has 0 aliphatic rings. The minimum atomic E-state index is -3.83. The number of amides is 1. The molecular formula is C15H19N7O3S. The Kier molecular flexibility index (Phi) is 6.22. The van der Waals surface area contributed by atoms with Crippen LogP contribution in [-0.2, 0) is 21.4 Å². The van der Waals surface area contributed by atoms with Crippen LogP contribution in [0.4, 0.5) is 0 Å². The van der Waals surface area contributed by atoms with E-state index in [9.17, 15) is 13.2 Å². The van der Waals surface area contributed by atoms with Crippen molar-refractivity contribution in [3.8, 4) is 0 Å². The summed E-state index contributed by atoms with van der Waals surface area (Å²) in [5, 5.41) is 5.22. The molecule has 0 saturated carbocycles. The van der Waals surface area contributed by atoms with Crippen LogP contribution in [0.3, 0.4) is 0 Å². The topological polar surface area (TPSA) is 170 Å². The van der Waals surface area contributed by atoms with Crippen molar-refractivity contribution in [3.63, 3.8) is 0 Å². The van der Waals surface area contributed by atoms with E-state index in [1.807, 2.05) is 0 Å². The minimum absolute atomic E-state index is 0.0308. The second-order valence-corrected chi connectivity index (χ2v) is 7.02. The molecule has 138 valence electrons. The molecule has 0 aliphatic carbocycles. The van der Waals surface area contributed by atoms with Crippen molar-refractivity contribution >= 4 is 21.8 Å². The van der Waals surface area contributed by atoms with E-state index in [2.05, 4.69) is 14.8 Å². The Morgan fingerprint density at radius 2 is 1.73 bits per heavy atom. The summed E-state index contributed by atoms with van der Waals surface area (Å²) in [6, 6.07) is 9.24. The average Bonchev–Trinajstić information content (AvgIpc) is 2.61. The van der Waals surface area contributed by atoms with Crippen LogP contribution in [0.1, 0.15) is 11.1 Å². The van der Waals surface area contributed by atoms with Gasteiger partial charge in [0.15, 0.2) is 5.84 Å². The van der Waals surface area contributed by atoms with Gasteiger partial charge in [-0.1, -0.05) is 0 Å². The van der Waals surface area contributed by atoms with Gasteiger partial charge in [0.2, 0.25) is 15.9 Å². The lowest BCUT2D eigenvalue weighted by Gasteiger charge is -2.13. The number of carbonyl (C=O) groups excluding carboxylic acids is 1. The van der Waals surface area contributed by atoms with Crippen LogP contribution < -0.4 is 22.0 Å². The predicted octanol–water partition coefficient (Wildman–Crippen LogP) is -1.16. The van der Waals surface area contributed by atoms with E-state index in [0.29, 0.717) is 12.1 Å². The number of sulfonamides is 1. The van der Waals surface area contributed by atoms with Crippen LogP contribution in [-0.4, -0.2) is 36.8 Å². The quantitative estimate of drug-likeness (QED) is 0.194. The van der Waals surface area contributed by atoms with E-state index in [4.69, 9.17) is 17.3 Å². The second kappa shape index (κ2) is 8.38. The number of nitrogens with two attached hydrogens (primary N) is 3. The Bertz CT molecular complexity index is 883. The average molecular weight is 377 g/mol. The highest BCUT2D eigenvalue weighted by molar-refractivity contribution is 7.89. The normalized spacial score (nSPS) is 12.0. The summed E-state index contributed by atoms with van der Waals surface area (Å²) >= 11 is 0. The molecule has 0 radical (unpaired) electrons. The smallest absolute Gasteiger partial charge is 0.241 e. The Hall–Kier alpha value is -3.02. The molecule has 0 spiro atoms. The third-order valence-electron chi connectivity index (χ3n) is 3.23. The number of aromatic nitrogens is 1. The minimum Gasteiger partial charge on any atom is -0.382 e. The molecule has 0 aliphatic heterocycles. The fourth-order valence-electron chi connectivity index (χ4n) is 1.96. The predicted molar refractivity (Wildman–Crippen MR) is 95.5 cm³/mol. The number of hydrazine groups is 1. The summed E-state index contributed by atoms with van der Waals surface area (Å²) in [7, 11) is -3.83. The number of carbonyl (C=O) groups is 1. The van der Waals surface area contributed by atoms with Gasteiger partial charge in [-0.25, -0.2) is 24.1 Å². The van der Waals surface area contributed by atoms with Crippen LogP contribution in [0.5, 0.6) is 0 Å². The first kappa shape index (κ1) is 19.3. The summed E-state index contributed by atoms with van der Waals surface area (Å²) in [4.78, 5) is 14.6. The fraction of sp³-hybridized carbons (Fsp3) is 0.133. The van der Waals surface area contributed by atoms with Crippen LogP contribution in [0, 0.1) is 0 Å². The molecule has 26 heavy (non-hydrogen) atoms. The Morgan fingerprint density at radius 1 is 1.12 bits per heavy atom. The van der Waals surface area contributed by atoms with E-state index < -0.39 is 22.5 Å². The molecule has 0 fully saturated rings. The lowest BCUT2D eigenvalue weighted by Crippen LogP contribution is -2.33.